The first-order valence-corrected chi connectivity index (χ1v) is 12.1. The third-order valence-corrected chi connectivity index (χ3v) is 7.14. The molecule has 2 atom stereocenters. The summed E-state index contributed by atoms with van der Waals surface area (Å²) in [7, 11) is -2.67. The normalized spacial score (nSPS) is 21.9. The first-order valence-electron chi connectivity index (χ1n) is 10.5. The van der Waals surface area contributed by atoms with Gasteiger partial charge in [0.15, 0.2) is 17.3 Å². The number of hydrogen-bond acceptors (Lipinski definition) is 6. The molecule has 1 aromatic carbocycles. The molecule has 0 radical (unpaired) electrons. The van der Waals surface area contributed by atoms with Crippen LogP contribution < -0.4 is 19.5 Å². The van der Waals surface area contributed by atoms with E-state index in [1.165, 1.54) is 44.4 Å². The highest BCUT2D eigenvalue weighted by Crippen LogP contribution is 2.37. The SMILES string of the molecule is CCS(=O)(=O)N[C@@H]1[C@@H]2Cc3cccc(c3F)Oc3nc(ccc3OC)CNC(=O)N2CC1(F)F. The number of amides is 2. The Morgan fingerprint density at radius 2 is 2.09 bits per heavy atom. The molecule has 1 aromatic heterocycles. The summed E-state index contributed by atoms with van der Waals surface area (Å²) >= 11 is 0. The molecule has 2 aliphatic rings. The lowest BCUT2D eigenvalue weighted by atomic mass is 9.98. The number of benzene rings is 1. The highest BCUT2D eigenvalue weighted by molar-refractivity contribution is 7.89. The number of methoxy groups -OCH3 is 1. The van der Waals surface area contributed by atoms with Gasteiger partial charge in [-0.3, -0.25) is 0 Å². The molecule has 2 amide bonds. The Balaban J connectivity index is 1.81. The van der Waals surface area contributed by atoms with E-state index in [1.807, 2.05) is 4.72 Å². The van der Waals surface area contributed by atoms with Crippen molar-refractivity contribution < 1.29 is 35.9 Å². The van der Waals surface area contributed by atoms with Gasteiger partial charge in [-0.1, -0.05) is 12.1 Å². The predicted molar refractivity (Wildman–Crippen MR) is 115 cm³/mol. The molecule has 9 nitrogen and oxygen atoms in total. The van der Waals surface area contributed by atoms with E-state index in [-0.39, 0.29) is 35.9 Å². The average Bonchev–Trinajstić information content (AvgIpc) is 3.04. The Labute approximate surface area is 194 Å². The van der Waals surface area contributed by atoms with E-state index >= 15 is 4.39 Å². The van der Waals surface area contributed by atoms with Gasteiger partial charge in [0.1, 0.15) is 6.04 Å². The van der Waals surface area contributed by atoms with Crippen molar-refractivity contribution in [2.75, 3.05) is 19.4 Å². The fourth-order valence-corrected chi connectivity index (χ4v) is 4.86. The number of nitrogens with zero attached hydrogens (tertiary/aromatic N) is 2. The van der Waals surface area contributed by atoms with Gasteiger partial charge in [0.05, 0.1) is 37.7 Å². The Bertz CT molecular complexity index is 1210. The van der Waals surface area contributed by atoms with Crippen LogP contribution in [0.3, 0.4) is 0 Å². The van der Waals surface area contributed by atoms with Crippen LogP contribution in [0, 0.1) is 5.82 Å². The number of pyridine rings is 1. The molecule has 0 saturated carbocycles. The van der Waals surface area contributed by atoms with Crippen LogP contribution >= 0.6 is 0 Å². The molecule has 1 saturated heterocycles. The number of alkyl halides is 2. The van der Waals surface area contributed by atoms with Crippen LogP contribution in [-0.2, 0) is 23.0 Å². The maximum absolute atomic E-state index is 15.4. The van der Waals surface area contributed by atoms with Crippen molar-refractivity contribution in [1.29, 1.82) is 0 Å². The number of urea groups is 1. The summed E-state index contributed by atoms with van der Waals surface area (Å²) in [6.07, 6.45) is -0.384. The van der Waals surface area contributed by atoms with Gasteiger partial charge in [-0.15, -0.1) is 0 Å². The lowest BCUT2D eigenvalue weighted by Crippen LogP contribution is -2.53. The van der Waals surface area contributed by atoms with Crippen LogP contribution in [0.15, 0.2) is 30.3 Å². The number of ether oxygens (including phenoxy) is 2. The predicted octanol–water partition coefficient (Wildman–Crippen LogP) is 2.41. The standard InChI is InChI=1S/C21H23F3N4O5S/c1-3-34(30,31)27-18-14-9-12-5-4-6-15(17(12)22)33-19-16(32-2)8-7-13(26-19)10-25-20(29)28(14)11-21(18,23)24/h4-8,14,18,27H,3,9-11H2,1-2H3,(H,25,29)/t14-,18+/m0/s1. The number of halogens is 3. The van der Waals surface area contributed by atoms with E-state index in [9.17, 15) is 22.0 Å². The molecular weight excluding hydrogens is 477 g/mol. The minimum Gasteiger partial charge on any atom is -0.491 e. The van der Waals surface area contributed by atoms with Crippen molar-refractivity contribution in [2.24, 2.45) is 0 Å². The van der Waals surface area contributed by atoms with E-state index in [0.29, 0.717) is 5.69 Å². The first-order chi connectivity index (χ1) is 16.0. The summed E-state index contributed by atoms with van der Waals surface area (Å²) in [5, 5.41) is 2.52. The van der Waals surface area contributed by atoms with Crippen molar-refractivity contribution in [3.63, 3.8) is 0 Å². The van der Waals surface area contributed by atoms with Gasteiger partial charge in [-0.05, 0) is 37.1 Å². The summed E-state index contributed by atoms with van der Waals surface area (Å²) in [5.41, 5.74) is 0.277. The zero-order valence-corrected chi connectivity index (χ0v) is 19.2. The molecule has 2 aliphatic heterocycles. The van der Waals surface area contributed by atoms with Gasteiger partial charge >= 0.3 is 6.03 Å². The molecule has 2 aromatic rings. The summed E-state index contributed by atoms with van der Waals surface area (Å²) in [6.45, 7) is 0.124. The summed E-state index contributed by atoms with van der Waals surface area (Å²) in [5.74, 6) is -4.89. The number of fused-ring (bicyclic) bond motifs is 5. The van der Waals surface area contributed by atoms with Crippen molar-refractivity contribution in [3.8, 4) is 17.4 Å². The van der Waals surface area contributed by atoms with Crippen molar-refractivity contribution in [2.45, 2.75) is 37.9 Å². The van der Waals surface area contributed by atoms with E-state index in [2.05, 4.69) is 10.3 Å². The van der Waals surface area contributed by atoms with Crippen LogP contribution in [0.25, 0.3) is 0 Å². The molecule has 34 heavy (non-hydrogen) atoms. The quantitative estimate of drug-likeness (QED) is 0.668. The second-order valence-electron chi connectivity index (χ2n) is 7.96. The fourth-order valence-electron chi connectivity index (χ4n) is 3.98. The molecule has 4 rings (SSSR count). The minimum atomic E-state index is -4.05. The number of carbonyl (C=O) groups excluding carboxylic acids is 1. The summed E-state index contributed by atoms with van der Waals surface area (Å²) in [4.78, 5) is 18.0. The summed E-state index contributed by atoms with van der Waals surface area (Å²) < 4.78 is 82.5. The van der Waals surface area contributed by atoms with Gasteiger partial charge in [0, 0.05) is 0 Å². The molecule has 0 unspecified atom stereocenters. The largest absolute Gasteiger partial charge is 0.491 e. The maximum Gasteiger partial charge on any atom is 0.318 e. The average molecular weight is 500 g/mol. The highest BCUT2D eigenvalue weighted by Gasteiger charge is 2.57. The summed E-state index contributed by atoms with van der Waals surface area (Å²) in [6, 6.07) is 3.05. The van der Waals surface area contributed by atoms with Crippen molar-refractivity contribution in [3.05, 3.63) is 47.4 Å². The van der Waals surface area contributed by atoms with Gasteiger partial charge in [-0.25, -0.2) is 36.1 Å². The second kappa shape index (κ2) is 8.95. The van der Waals surface area contributed by atoms with Gasteiger partial charge in [0.25, 0.3) is 11.8 Å². The molecule has 13 heteroatoms. The number of aromatic nitrogens is 1. The Morgan fingerprint density at radius 3 is 2.79 bits per heavy atom. The Morgan fingerprint density at radius 1 is 1.32 bits per heavy atom. The highest BCUT2D eigenvalue weighted by atomic mass is 32.2. The van der Waals surface area contributed by atoms with Crippen LogP contribution in [0.1, 0.15) is 18.2 Å². The third kappa shape index (κ3) is 4.62. The number of sulfonamides is 1. The zero-order chi connectivity index (χ0) is 24.7. The zero-order valence-electron chi connectivity index (χ0n) is 18.3. The number of carbonyl (C=O) groups is 1. The molecule has 0 spiro atoms. The van der Waals surface area contributed by atoms with Crippen LogP contribution in [-0.4, -0.2) is 61.7 Å². The van der Waals surface area contributed by atoms with Crippen molar-refractivity contribution in [1.82, 2.24) is 19.9 Å². The smallest absolute Gasteiger partial charge is 0.318 e. The Kier molecular flexibility index (Phi) is 6.34. The van der Waals surface area contributed by atoms with E-state index < -0.39 is 52.2 Å². The Hall–Kier alpha value is -3.06. The van der Waals surface area contributed by atoms with Gasteiger partial charge in [-0.2, -0.15) is 0 Å². The van der Waals surface area contributed by atoms with Crippen LogP contribution in [0.2, 0.25) is 0 Å². The molecular formula is C21H23F3N4O5S. The van der Waals surface area contributed by atoms with E-state index in [4.69, 9.17) is 9.47 Å². The lowest BCUT2D eigenvalue weighted by molar-refractivity contribution is -0.00456. The number of hydrogen-bond donors (Lipinski definition) is 2. The topological polar surface area (TPSA) is 110 Å². The van der Waals surface area contributed by atoms with E-state index in [0.717, 1.165) is 4.90 Å². The fraction of sp³-hybridized carbons (Fsp3) is 0.429. The number of nitrogens with one attached hydrogen (secondary N) is 2. The molecule has 184 valence electrons. The minimum absolute atomic E-state index is 0.0342. The number of rotatable bonds is 4. The third-order valence-electron chi connectivity index (χ3n) is 5.77. The second-order valence-corrected chi connectivity index (χ2v) is 10.0. The first kappa shape index (κ1) is 24.1. The van der Waals surface area contributed by atoms with Gasteiger partial charge in [0.2, 0.25) is 10.0 Å². The van der Waals surface area contributed by atoms with Crippen molar-refractivity contribution >= 4 is 16.1 Å². The maximum atomic E-state index is 15.4. The lowest BCUT2D eigenvalue weighted by Gasteiger charge is -2.28. The molecule has 0 aliphatic carbocycles. The molecule has 4 bridgehead atoms. The van der Waals surface area contributed by atoms with Gasteiger partial charge < -0.3 is 19.7 Å². The molecule has 2 N–H and O–H groups in total. The monoisotopic (exact) mass is 500 g/mol. The van der Waals surface area contributed by atoms with Crippen LogP contribution in [0.4, 0.5) is 18.0 Å². The van der Waals surface area contributed by atoms with E-state index in [1.54, 1.807) is 0 Å². The molecule has 1 fully saturated rings. The van der Waals surface area contributed by atoms with Crippen LogP contribution in [0.5, 0.6) is 17.4 Å². The molecule has 3 heterocycles.